The van der Waals surface area contributed by atoms with Crippen LogP contribution in [0.2, 0.25) is 0 Å². The van der Waals surface area contributed by atoms with Crippen LogP contribution in [-0.2, 0) is 12.8 Å². The number of fused-ring (bicyclic) bond motifs is 1. The molecule has 1 aromatic heterocycles. The molecule has 1 N–H and O–H groups in total. The first-order valence-corrected chi connectivity index (χ1v) is 9.32. The maximum atomic E-state index is 13.3. The van der Waals surface area contributed by atoms with Crippen LogP contribution in [0.4, 0.5) is 15.9 Å². The maximum Gasteiger partial charge on any atom is 0.168 e. The number of nitrogens with zero attached hydrogens (tertiary/aromatic N) is 2. The van der Waals surface area contributed by atoms with Crippen molar-refractivity contribution in [2.45, 2.75) is 33.1 Å². The number of ketones is 1. The van der Waals surface area contributed by atoms with Crippen molar-refractivity contribution in [1.29, 1.82) is 0 Å². The van der Waals surface area contributed by atoms with E-state index in [9.17, 15) is 9.18 Å². The lowest BCUT2D eigenvalue weighted by atomic mass is 9.87. The minimum absolute atomic E-state index is 0.102. The van der Waals surface area contributed by atoms with Crippen molar-refractivity contribution in [2.75, 3.05) is 5.32 Å². The van der Waals surface area contributed by atoms with Gasteiger partial charge in [0.15, 0.2) is 11.6 Å². The minimum atomic E-state index is -0.293. The van der Waals surface area contributed by atoms with Gasteiger partial charge < -0.3 is 5.32 Å². The zero-order valence-electron chi connectivity index (χ0n) is 15.5. The second kappa shape index (κ2) is 6.99. The molecule has 5 heteroatoms. The topological polar surface area (TPSA) is 46.9 Å². The number of nitrogens with one attached hydrogen (secondary N) is 1. The third kappa shape index (κ3) is 3.37. The molecule has 0 aliphatic heterocycles. The van der Waals surface area contributed by atoms with Crippen molar-refractivity contribution in [3.8, 4) is 5.69 Å². The summed E-state index contributed by atoms with van der Waals surface area (Å²) in [7, 11) is 0. The first kappa shape index (κ1) is 17.5. The van der Waals surface area contributed by atoms with Crippen LogP contribution >= 0.6 is 0 Å². The highest BCUT2D eigenvalue weighted by molar-refractivity contribution is 6.03. The van der Waals surface area contributed by atoms with E-state index in [1.807, 2.05) is 12.1 Å². The molecule has 138 valence electrons. The monoisotopic (exact) mass is 363 g/mol. The smallest absolute Gasteiger partial charge is 0.168 e. The number of halogens is 1. The van der Waals surface area contributed by atoms with Crippen LogP contribution in [0, 0.1) is 11.7 Å². The molecule has 27 heavy (non-hydrogen) atoms. The molecule has 1 aliphatic carbocycles. The Labute approximate surface area is 158 Å². The number of rotatable bonds is 4. The van der Waals surface area contributed by atoms with E-state index in [1.54, 1.807) is 16.8 Å². The highest BCUT2D eigenvalue weighted by Gasteiger charge is 2.31. The van der Waals surface area contributed by atoms with Gasteiger partial charge in [-0.3, -0.25) is 4.79 Å². The van der Waals surface area contributed by atoms with Gasteiger partial charge in [0.2, 0.25) is 0 Å². The molecule has 3 aromatic rings. The predicted molar refractivity (Wildman–Crippen MR) is 104 cm³/mol. The fourth-order valence-corrected chi connectivity index (χ4v) is 3.60. The number of benzene rings is 2. The van der Waals surface area contributed by atoms with Gasteiger partial charge in [-0.2, -0.15) is 0 Å². The molecule has 1 unspecified atom stereocenters. The number of aromatic nitrogens is 2. The summed E-state index contributed by atoms with van der Waals surface area (Å²) in [4.78, 5) is 12.8. The second-order valence-electron chi connectivity index (χ2n) is 7.17. The summed E-state index contributed by atoms with van der Waals surface area (Å²) in [5, 5.41) is 7.98. The fourth-order valence-electron chi connectivity index (χ4n) is 3.60. The van der Waals surface area contributed by atoms with Crippen LogP contribution in [0.1, 0.15) is 41.9 Å². The normalized spacial score (nSPS) is 16.3. The van der Waals surface area contributed by atoms with E-state index >= 15 is 0 Å². The Bertz CT molecular complexity index is 974. The van der Waals surface area contributed by atoms with Crippen molar-refractivity contribution in [1.82, 2.24) is 9.78 Å². The first-order chi connectivity index (χ1) is 13.0. The van der Waals surface area contributed by atoms with Gasteiger partial charge in [-0.1, -0.05) is 26.0 Å². The van der Waals surface area contributed by atoms with Crippen LogP contribution in [-0.4, -0.2) is 15.6 Å². The summed E-state index contributed by atoms with van der Waals surface area (Å²) in [6, 6.07) is 14.3. The van der Waals surface area contributed by atoms with Crippen molar-refractivity contribution >= 4 is 17.3 Å². The molecular weight excluding hydrogens is 341 g/mol. The van der Waals surface area contributed by atoms with Gasteiger partial charge in [-0.15, -0.1) is 5.10 Å². The van der Waals surface area contributed by atoms with Crippen LogP contribution in [0.3, 0.4) is 0 Å². The summed E-state index contributed by atoms with van der Waals surface area (Å²) in [6.07, 6.45) is 2.26. The average Bonchev–Trinajstić information content (AvgIpc) is 3.01. The Hall–Kier alpha value is -2.95. The SMILES string of the molecule is CCc1ccc(Nc2nn(-c3ccc(F)cc3)c3c2C(=O)CC(C)C3)cc1. The van der Waals surface area contributed by atoms with Gasteiger partial charge in [-0.05, 0) is 60.7 Å². The van der Waals surface area contributed by atoms with Crippen LogP contribution < -0.4 is 5.32 Å². The Kier molecular flexibility index (Phi) is 4.52. The summed E-state index contributed by atoms with van der Waals surface area (Å²) >= 11 is 0. The zero-order valence-corrected chi connectivity index (χ0v) is 15.5. The molecule has 0 spiro atoms. The summed E-state index contributed by atoms with van der Waals surface area (Å²) in [5.41, 5.74) is 4.44. The molecule has 0 saturated carbocycles. The van der Waals surface area contributed by atoms with Gasteiger partial charge in [0, 0.05) is 12.1 Å². The Morgan fingerprint density at radius 1 is 1.11 bits per heavy atom. The summed E-state index contributed by atoms with van der Waals surface area (Å²) in [6.45, 7) is 4.18. The van der Waals surface area contributed by atoms with Crippen molar-refractivity contribution < 1.29 is 9.18 Å². The molecule has 0 bridgehead atoms. The fraction of sp³-hybridized carbons (Fsp3) is 0.273. The highest BCUT2D eigenvalue weighted by atomic mass is 19.1. The van der Waals surface area contributed by atoms with Crippen molar-refractivity contribution in [3.63, 3.8) is 0 Å². The van der Waals surface area contributed by atoms with Crippen LogP contribution in [0.25, 0.3) is 5.69 Å². The molecule has 4 nitrogen and oxygen atoms in total. The number of hydrogen-bond acceptors (Lipinski definition) is 3. The van der Waals surface area contributed by atoms with Gasteiger partial charge >= 0.3 is 0 Å². The van der Waals surface area contributed by atoms with E-state index in [-0.39, 0.29) is 17.5 Å². The Morgan fingerprint density at radius 2 is 1.81 bits per heavy atom. The highest BCUT2D eigenvalue weighted by Crippen LogP contribution is 2.33. The zero-order chi connectivity index (χ0) is 19.0. The maximum absolute atomic E-state index is 13.3. The number of anilines is 2. The van der Waals surface area contributed by atoms with Gasteiger partial charge in [0.25, 0.3) is 0 Å². The van der Waals surface area contributed by atoms with E-state index in [0.29, 0.717) is 17.8 Å². The quantitative estimate of drug-likeness (QED) is 0.703. The lowest BCUT2D eigenvalue weighted by Crippen LogP contribution is -2.19. The molecular formula is C22H22FN3O. The molecule has 1 atom stereocenters. The molecule has 2 aromatic carbocycles. The van der Waals surface area contributed by atoms with E-state index in [4.69, 9.17) is 0 Å². The van der Waals surface area contributed by atoms with Crippen molar-refractivity contribution in [3.05, 3.63) is 71.2 Å². The lowest BCUT2D eigenvalue weighted by Gasteiger charge is -2.19. The number of carbonyl (C=O) groups is 1. The second-order valence-corrected chi connectivity index (χ2v) is 7.17. The standard InChI is InChI=1S/C22H22FN3O/c1-3-15-4-8-17(9-5-15)24-22-21-19(12-14(2)13-20(21)27)26(25-22)18-10-6-16(23)7-11-18/h4-11,14H,3,12-13H2,1-2H3,(H,24,25). The Morgan fingerprint density at radius 3 is 2.48 bits per heavy atom. The average molecular weight is 363 g/mol. The largest absolute Gasteiger partial charge is 0.338 e. The molecule has 0 saturated heterocycles. The molecule has 0 fully saturated rings. The number of aryl methyl sites for hydroxylation is 1. The third-order valence-corrected chi connectivity index (χ3v) is 5.03. The molecule has 1 heterocycles. The van der Waals surface area contributed by atoms with Crippen molar-refractivity contribution in [2.24, 2.45) is 5.92 Å². The molecule has 1 aliphatic rings. The van der Waals surface area contributed by atoms with E-state index in [0.717, 1.165) is 29.9 Å². The van der Waals surface area contributed by atoms with E-state index < -0.39 is 0 Å². The molecule has 0 amide bonds. The van der Waals surface area contributed by atoms with Gasteiger partial charge in [0.1, 0.15) is 5.82 Å². The van der Waals surface area contributed by atoms with E-state index in [2.05, 4.69) is 36.4 Å². The lowest BCUT2D eigenvalue weighted by molar-refractivity contribution is 0.0953. The predicted octanol–water partition coefficient (Wildman–Crippen LogP) is 5.08. The van der Waals surface area contributed by atoms with Gasteiger partial charge in [-0.25, -0.2) is 9.07 Å². The third-order valence-electron chi connectivity index (χ3n) is 5.03. The number of carbonyl (C=O) groups excluding carboxylic acids is 1. The molecule has 0 radical (unpaired) electrons. The van der Waals surface area contributed by atoms with Crippen LogP contribution in [0.15, 0.2) is 48.5 Å². The number of hydrogen-bond donors (Lipinski definition) is 1. The Balaban J connectivity index is 1.78. The van der Waals surface area contributed by atoms with Gasteiger partial charge in [0.05, 0.1) is 16.9 Å². The first-order valence-electron chi connectivity index (χ1n) is 9.32. The summed E-state index contributed by atoms with van der Waals surface area (Å²) < 4.78 is 15.1. The minimum Gasteiger partial charge on any atom is -0.338 e. The van der Waals surface area contributed by atoms with Crippen LogP contribution in [0.5, 0.6) is 0 Å². The van der Waals surface area contributed by atoms with E-state index in [1.165, 1.54) is 17.7 Å². The number of Topliss-reactive ketones (excluding diaryl/α,β-unsaturated/α-hetero) is 1. The summed E-state index contributed by atoms with van der Waals surface area (Å²) in [5.74, 6) is 0.636. The molecule has 4 rings (SSSR count).